The van der Waals surface area contributed by atoms with E-state index in [9.17, 15) is 9.59 Å². The zero-order chi connectivity index (χ0) is 13.3. The van der Waals surface area contributed by atoms with E-state index in [4.69, 9.17) is 5.26 Å². The first-order chi connectivity index (χ1) is 8.10. The Hall–Kier alpha value is -1.37. The molecular formula is C13H22N2O2. The molecule has 0 aromatic carbocycles. The zero-order valence-electron chi connectivity index (χ0n) is 11.0. The maximum atomic E-state index is 11.8. The van der Waals surface area contributed by atoms with Crippen molar-refractivity contribution in [3.63, 3.8) is 0 Å². The van der Waals surface area contributed by atoms with Crippen molar-refractivity contribution in [2.75, 3.05) is 7.05 Å². The second-order valence-corrected chi connectivity index (χ2v) is 4.26. The third-order valence-corrected chi connectivity index (χ3v) is 2.99. The van der Waals surface area contributed by atoms with Crippen LogP contribution in [0.1, 0.15) is 46.0 Å². The second kappa shape index (κ2) is 8.74. The molecular weight excluding hydrogens is 216 g/mol. The Morgan fingerprint density at radius 3 is 2.41 bits per heavy atom. The Labute approximate surface area is 103 Å². The van der Waals surface area contributed by atoms with Gasteiger partial charge in [-0.05, 0) is 5.92 Å². The number of ketones is 1. The minimum atomic E-state index is -1.14. The van der Waals surface area contributed by atoms with E-state index in [1.165, 1.54) is 7.05 Å². The van der Waals surface area contributed by atoms with Crippen molar-refractivity contribution in [3.05, 3.63) is 0 Å². The first-order valence-electron chi connectivity index (χ1n) is 6.24. The number of amides is 1. The highest BCUT2D eigenvalue weighted by Crippen LogP contribution is 2.19. The summed E-state index contributed by atoms with van der Waals surface area (Å²) in [5, 5.41) is 11.2. The first kappa shape index (κ1) is 15.6. The van der Waals surface area contributed by atoms with Crippen LogP contribution in [0.4, 0.5) is 0 Å². The summed E-state index contributed by atoms with van der Waals surface area (Å²) in [5.74, 6) is -1.60. The Morgan fingerprint density at radius 2 is 2.00 bits per heavy atom. The molecule has 1 amide bonds. The zero-order valence-corrected chi connectivity index (χ0v) is 11.0. The summed E-state index contributed by atoms with van der Waals surface area (Å²) in [5.41, 5.74) is 0. The number of carbonyl (C=O) groups excluding carboxylic acids is 2. The molecule has 0 aromatic rings. The molecule has 0 unspecified atom stereocenters. The first-order valence-corrected chi connectivity index (χ1v) is 6.24. The molecule has 0 aliphatic carbocycles. The van der Waals surface area contributed by atoms with Crippen molar-refractivity contribution >= 4 is 11.7 Å². The van der Waals surface area contributed by atoms with Gasteiger partial charge in [0, 0.05) is 13.5 Å². The third kappa shape index (κ3) is 5.48. The lowest BCUT2D eigenvalue weighted by molar-refractivity contribution is -0.131. The quantitative estimate of drug-likeness (QED) is 0.658. The Kier molecular flexibility index (Phi) is 8.04. The number of Topliss-reactive ketones (excluding diaryl/α,β-unsaturated/α-hetero) is 1. The monoisotopic (exact) mass is 238 g/mol. The second-order valence-electron chi connectivity index (χ2n) is 4.26. The van der Waals surface area contributed by atoms with Gasteiger partial charge in [0.2, 0.25) is 5.91 Å². The van der Waals surface area contributed by atoms with Gasteiger partial charge >= 0.3 is 0 Å². The van der Waals surface area contributed by atoms with Crippen molar-refractivity contribution in [2.45, 2.75) is 46.0 Å². The SMILES string of the molecule is CCCC[C@H](CC)CC(=O)[C@H](C#N)C(=O)NC. The molecule has 0 rings (SSSR count). The fourth-order valence-electron chi connectivity index (χ4n) is 1.77. The van der Waals surface area contributed by atoms with Crippen LogP contribution in [0.5, 0.6) is 0 Å². The van der Waals surface area contributed by atoms with Crippen LogP contribution >= 0.6 is 0 Å². The number of nitriles is 1. The molecule has 0 saturated carbocycles. The van der Waals surface area contributed by atoms with Crippen molar-refractivity contribution in [1.29, 1.82) is 5.26 Å². The smallest absolute Gasteiger partial charge is 0.244 e. The molecule has 1 N–H and O–H groups in total. The number of unbranched alkanes of at least 4 members (excludes halogenated alkanes) is 1. The molecule has 0 fully saturated rings. The molecule has 0 aromatic heterocycles. The number of hydrogen-bond acceptors (Lipinski definition) is 3. The van der Waals surface area contributed by atoms with E-state index in [-0.39, 0.29) is 5.78 Å². The highest BCUT2D eigenvalue weighted by molar-refractivity contribution is 6.03. The summed E-state index contributed by atoms with van der Waals surface area (Å²) in [4.78, 5) is 23.1. The van der Waals surface area contributed by atoms with Crippen LogP contribution in [0.3, 0.4) is 0 Å². The van der Waals surface area contributed by atoms with E-state index in [0.717, 1.165) is 25.7 Å². The average molecular weight is 238 g/mol. The maximum Gasteiger partial charge on any atom is 0.244 e. The Balaban J connectivity index is 4.38. The molecule has 0 aliphatic heterocycles. The van der Waals surface area contributed by atoms with Crippen molar-refractivity contribution in [2.24, 2.45) is 11.8 Å². The number of hydrogen-bond donors (Lipinski definition) is 1. The van der Waals surface area contributed by atoms with Gasteiger partial charge in [0.15, 0.2) is 11.7 Å². The predicted molar refractivity (Wildman–Crippen MR) is 66.1 cm³/mol. The van der Waals surface area contributed by atoms with Crippen LogP contribution in [0.25, 0.3) is 0 Å². The topological polar surface area (TPSA) is 70.0 Å². The third-order valence-electron chi connectivity index (χ3n) is 2.99. The number of carbonyl (C=O) groups is 2. The highest BCUT2D eigenvalue weighted by Gasteiger charge is 2.26. The normalized spacial score (nSPS) is 13.5. The molecule has 0 bridgehead atoms. The van der Waals surface area contributed by atoms with Crippen LogP contribution in [0.2, 0.25) is 0 Å². The predicted octanol–water partition coefficient (Wildman–Crippen LogP) is 2.05. The molecule has 0 radical (unpaired) electrons. The standard InChI is InChI=1S/C13H22N2O2/c1-4-6-7-10(5-2)8-12(16)11(9-14)13(17)15-3/h10-11H,4-8H2,1-3H3,(H,15,17)/t10-,11-/m0/s1. The van der Waals surface area contributed by atoms with Gasteiger partial charge in [0.05, 0.1) is 6.07 Å². The van der Waals surface area contributed by atoms with E-state index >= 15 is 0 Å². The molecule has 96 valence electrons. The summed E-state index contributed by atoms with van der Waals surface area (Å²) < 4.78 is 0. The van der Waals surface area contributed by atoms with E-state index < -0.39 is 11.8 Å². The Bertz CT molecular complexity index is 294. The summed E-state index contributed by atoms with van der Waals surface area (Å²) in [6.07, 6.45) is 4.43. The minimum Gasteiger partial charge on any atom is -0.358 e. The molecule has 0 aliphatic rings. The fraction of sp³-hybridized carbons (Fsp3) is 0.769. The minimum absolute atomic E-state index is 0.255. The highest BCUT2D eigenvalue weighted by atomic mass is 16.2. The number of nitrogens with zero attached hydrogens (tertiary/aromatic N) is 1. The molecule has 0 saturated heterocycles. The molecule has 4 heteroatoms. The lowest BCUT2D eigenvalue weighted by Gasteiger charge is -2.14. The largest absolute Gasteiger partial charge is 0.358 e. The van der Waals surface area contributed by atoms with Gasteiger partial charge in [0.1, 0.15) is 0 Å². The van der Waals surface area contributed by atoms with Crippen LogP contribution in [0.15, 0.2) is 0 Å². The summed E-state index contributed by atoms with van der Waals surface area (Å²) >= 11 is 0. The molecule has 4 nitrogen and oxygen atoms in total. The lowest BCUT2D eigenvalue weighted by Crippen LogP contribution is -2.32. The van der Waals surface area contributed by atoms with Crippen LogP contribution < -0.4 is 5.32 Å². The van der Waals surface area contributed by atoms with Gasteiger partial charge in [-0.15, -0.1) is 0 Å². The van der Waals surface area contributed by atoms with Crippen molar-refractivity contribution in [1.82, 2.24) is 5.32 Å². The molecule has 0 heterocycles. The summed E-state index contributed by atoms with van der Waals surface area (Å²) in [6.45, 7) is 4.14. The summed E-state index contributed by atoms with van der Waals surface area (Å²) in [7, 11) is 1.44. The Morgan fingerprint density at radius 1 is 1.35 bits per heavy atom. The lowest BCUT2D eigenvalue weighted by atomic mass is 9.89. The van der Waals surface area contributed by atoms with Crippen LogP contribution in [-0.2, 0) is 9.59 Å². The van der Waals surface area contributed by atoms with Crippen molar-refractivity contribution < 1.29 is 9.59 Å². The van der Waals surface area contributed by atoms with E-state index in [1.807, 2.05) is 6.92 Å². The van der Waals surface area contributed by atoms with Crippen LogP contribution in [0, 0.1) is 23.2 Å². The van der Waals surface area contributed by atoms with Gasteiger partial charge in [-0.1, -0.05) is 39.5 Å². The summed E-state index contributed by atoms with van der Waals surface area (Å²) in [6, 6.07) is 1.78. The number of nitrogens with one attached hydrogen (secondary N) is 1. The maximum absolute atomic E-state index is 11.8. The van der Waals surface area contributed by atoms with Crippen molar-refractivity contribution in [3.8, 4) is 6.07 Å². The van der Waals surface area contributed by atoms with E-state index in [0.29, 0.717) is 12.3 Å². The fourth-order valence-corrected chi connectivity index (χ4v) is 1.77. The van der Waals surface area contributed by atoms with E-state index in [1.54, 1.807) is 6.07 Å². The van der Waals surface area contributed by atoms with Gasteiger partial charge < -0.3 is 5.32 Å². The van der Waals surface area contributed by atoms with Gasteiger partial charge in [-0.25, -0.2) is 0 Å². The molecule has 2 atom stereocenters. The average Bonchev–Trinajstić information content (AvgIpc) is 2.34. The van der Waals surface area contributed by atoms with Gasteiger partial charge in [-0.3, -0.25) is 9.59 Å². The van der Waals surface area contributed by atoms with Gasteiger partial charge in [0.25, 0.3) is 0 Å². The molecule has 17 heavy (non-hydrogen) atoms. The van der Waals surface area contributed by atoms with Gasteiger partial charge in [-0.2, -0.15) is 5.26 Å². The molecule has 0 spiro atoms. The van der Waals surface area contributed by atoms with E-state index in [2.05, 4.69) is 12.2 Å². The number of rotatable bonds is 8. The van der Waals surface area contributed by atoms with Crippen LogP contribution in [-0.4, -0.2) is 18.7 Å².